The van der Waals surface area contributed by atoms with Gasteiger partial charge >= 0.3 is 18.1 Å². The van der Waals surface area contributed by atoms with Gasteiger partial charge in [-0.15, -0.1) is 0 Å². The van der Waals surface area contributed by atoms with Gasteiger partial charge in [0.15, 0.2) is 0 Å². The van der Waals surface area contributed by atoms with Gasteiger partial charge in [-0.2, -0.15) is 22.0 Å². The van der Waals surface area contributed by atoms with Crippen molar-refractivity contribution in [2.45, 2.75) is 25.9 Å². The van der Waals surface area contributed by atoms with Gasteiger partial charge in [-0.3, -0.25) is 4.79 Å². The van der Waals surface area contributed by atoms with Crippen LogP contribution in [0, 0.1) is 17.3 Å². The van der Waals surface area contributed by atoms with E-state index in [-0.39, 0.29) is 0 Å². The van der Waals surface area contributed by atoms with Gasteiger partial charge in [0.05, 0.1) is 11.0 Å². The average molecular weight is 293 g/mol. The zero-order valence-corrected chi connectivity index (χ0v) is 10.1. The van der Waals surface area contributed by atoms with E-state index in [2.05, 4.69) is 0 Å². The maximum atomic E-state index is 12.8. The fourth-order valence-electron chi connectivity index (χ4n) is 1.86. The fourth-order valence-corrected chi connectivity index (χ4v) is 2.10. The lowest BCUT2D eigenvalue weighted by Crippen LogP contribution is -2.36. The number of carbonyl (C=O) groups is 1. The van der Waals surface area contributed by atoms with Gasteiger partial charge < -0.3 is 5.11 Å². The van der Waals surface area contributed by atoms with Crippen molar-refractivity contribution in [3.8, 4) is 0 Å². The molecule has 8 heteroatoms. The lowest BCUT2D eigenvalue weighted by molar-refractivity contribution is -0.261. The maximum absolute atomic E-state index is 12.8. The molecular weight excluding hydrogens is 283 g/mol. The topological polar surface area (TPSA) is 37.3 Å². The van der Waals surface area contributed by atoms with E-state index in [4.69, 9.17) is 16.7 Å². The SMILES string of the molecule is CC1(C)[C@H](C(=O)O)[C@@H]1/C=C(/Cl)C(F)(F)C(F)(F)F. The smallest absolute Gasteiger partial charge is 0.459 e. The van der Waals surface area contributed by atoms with Crippen molar-refractivity contribution in [2.24, 2.45) is 17.3 Å². The lowest BCUT2D eigenvalue weighted by Gasteiger charge is -2.18. The summed E-state index contributed by atoms with van der Waals surface area (Å²) in [6.45, 7) is 2.92. The number of halogens is 6. The second kappa shape index (κ2) is 4.08. The number of alkyl halides is 5. The number of carboxylic acids is 1. The van der Waals surface area contributed by atoms with E-state index < -0.39 is 40.4 Å². The predicted molar refractivity (Wildman–Crippen MR) is 53.3 cm³/mol. The zero-order chi connectivity index (χ0) is 14.5. The first kappa shape index (κ1) is 15.2. The number of hydrogen-bond acceptors (Lipinski definition) is 1. The molecule has 0 saturated heterocycles. The molecule has 0 bridgehead atoms. The molecule has 104 valence electrons. The van der Waals surface area contributed by atoms with Crippen LogP contribution in [-0.2, 0) is 4.79 Å². The number of rotatable bonds is 3. The van der Waals surface area contributed by atoms with E-state index in [9.17, 15) is 26.7 Å². The minimum Gasteiger partial charge on any atom is -0.481 e. The summed E-state index contributed by atoms with van der Waals surface area (Å²) in [5.74, 6) is -8.34. The van der Waals surface area contributed by atoms with Crippen molar-refractivity contribution >= 4 is 17.6 Å². The van der Waals surface area contributed by atoms with Gasteiger partial charge in [0.1, 0.15) is 0 Å². The summed E-state index contributed by atoms with van der Waals surface area (Å²) in [7, 11) is 0. The first-order chi connectivity index (χ1) is 7.83. The van der Waals surface area contributed by atoms with E-state index in [0.717, 1.165) is 0 Å². The molecule has 0 aromatic heterocycles. The lowest BCUT2D eigenvalue weighted by atomic mass is 10.1. The van der Waals surface area contributed by atoms with Crippen LogP contribution in [0.15, 0.2) is 11.1 Å². The molecule has 18 heavy (non-hydrogen) atoms. The van der Waals surface area contributed by atoms with Crippen molar-refractivity contribution < 1.29 is 31.9 Å². The van der Waals surface area contributed by atoms with Gasteiger partial charge in [-0.1, -0.05) is 31.5 Å². The molecule has 0 heterocycles. The molecule has 0 amide bonds. The van der Waals surface area contributed by atoms with Crippen LogP contribution in [0.3, 0.4) is 0 Å². The Kier molecular flexibility index (Phi) is 3.45. The molecule has 0 aliphatic heterocycles. The zero-order valence-electron chi connectivity index (χ0n) is 9.36. The Hall–Kier alpha value is -0.850. The first-order valence-electron chi connectivity index (χ1n) is 4.88. The van der Waals surface area contributed by atoms with Crippen LogP contribution < -0.4 is 0 Å². The van der Waals surface area contributed by atoms with Crippen molar-refractivity contribution in [1.82, 2.24) is 0 Å². The van der Waals surface area contributed by atoms with Crippen LogP contribution in [0.4, 0.5) is 22.0 Å². The second-order valence-electron chi connectivity index (χ2n) is 4.75. The third-order valence-corrected chi connectivity index (χ3v) is 3.52. The Labute approximate surface area is 104 Å². The van der Waals surface area contributed by atoms with E-state index in [0.29, 0.717) is 6.08 Å². The molecule has 1 rings (SSSR count). The molecule has 0 unspecified atom stereocenters. The Bertz CT molecular complexity index is 400. The van der Waals surface area contributed by atoms with Crippen molar-refractivity contribution in [1.29, 1.82) is 0 Å². The molecule has 2 atom stereocenters. The molecule has 0 aromatic rings. The second-order valence-corrected chi connectivity index (χ2v) is 5.16. The molecule has 2 nitrogen and oxygen atoms in total. The third-order valence-electron chi connectivity index (χ3n) is 3.16. The van der Waals surface area contributed by atoms with Gasteiger partial charge in [-0.05, 0) is 11.3 Å². The highest BCUT2D eigenvalue weighted by Gasteiger charge is 2.64. The molecule has 1 fully saturated rings. The van der Waals surface area contributed by atoms with Crippen LogP contribution in [0.5, 0.6) is 0 Å². The molecule has 1 saturated carbocycles. The van der Waals surface area contributed by atoms with Gasteiger partial charge in [0.2, 0.25) is 0 Å². The summed E-state index contributed by atoms with van der Waals surface area (Å²) in [6, 6.07) is 0. The van der Waals surface area contributed by atoms with Crippen molar-refractivity contribution in [2.75, 3.05) is 0 Å². The Morgan fingerprint density at radius 3 is 2.00 bits per heavy atom. The summed E-state index contributed by atoms with van der Waals surface area (Å²) in [4.78, 5) is 10.7. The van der Waals surface area contributed by atoms with Gasteiger partial charge in [0, 0.05) is 0 Å². The number of allylic oxidation sites excluding steroid dienone is 2. The van der Waals surface area contributed by atoms with Crippen molar-refractivity contribution in [3.63, 3.8) is 0 Å². The molecular formula is C10H10ClF5O2. The minimum atomic E-state index is -5.79. The highest BCUT2D eigenvalue weighted by Crippen LogP contribution is 2.60. The summed E-state index contributed by atoms with van der Waals surface area (Å²) >= 11 is 4.99. The van der Waals surface area contributed by atoms with Crippen LogP contribution >= 0.6 is 11.6 Å². The summed E-state index contributed by atoms with van der Waals surface area (Å²) in [6.07, 6.45) is -5.30. The largest absolute Gasteiger partial charge is 0.481 e. The molecule has 0 radical (unpaired) electrons. The molecule has 0 spiro atoms. The molecule has 1 aliphatic carbocycles. The predicted octanol–water partition coefficient (Wildman–Crippen LogP) is 3.66. The van der Waals surface area contributed by atoms with E-state index in [1.54, 1.807) is 0 Å². The number of hydrogen-bond donors (Lipinski definition) is 1. The van der Waals surface area contributed by atoms with E-state index in [1.165, 1.54) is 13.8 Å². The quantitative estimate of drug-likeness (QED) is 0.806. The molecule has 1 aliphatic rings. The number of carboxylic acid groups (broad SMARTS) is 1. The Morgan fingerprint density at radius 1 is 1.28 bits per heavy atom. The monoisotopic (exact) mass is 292 g/mol. The standard InChI is InChI=1S/C10H10ClF5O2/c1-8(2)4(6(8)7(17)18)3-5(11)9(12,13)10(14,15)16/h3-4,6H,1-2H3,(H,17,18)/b5-3+/t4-,6-/m0/s1. The van der Waals surface area contributed by atoms with Crippen LogP contribution in [0.25, 0.3) is 0 Å². The first-order valence-corrected chi connectivity index (χ1v) is 5.26. The van der Waals surface area contributed by atoms with Crippen molar-refractivity contribution in [3.05, 3.63) is 11.1 Å². The molecule has 1 N–H and O–H groups in total. The fraction of sp³-hybridized carbons (Fsp3) is 0.700. The van der Waals surface area contributed by atoms with Crippen LogP contribution in [0.1, 0.15) is 13.8 Å². The third kappa shape index (κ3) is 2.32. The van der Waals surface area contributed by atoms with E-state index >= 15 is 0 Å². The minimum absolute atomic E-state index is 0.494. The van der Waals surface area contributed by atoms with Crippen LogP contribution in [0.2, 0.25) is 0 Å². The summed E-state index contributed by atoms with van der Waals surface area (Å²) in [5.41, 5.74) is -0.881. The summed E-state index contributed by atoms with van der Waals surface area (Å²) < 4.78 is 61.7. The highest BCUT2D eigenvalue weighted by atomic mass is 35.5. The highest BCUT2D eigenvalue weighted by molar-refractivity contribution is 6.30. The van der Waals surface area contributed by atoms with Gasteiger partial charge in [0.25, 0.3) is 0 Å². The maximum Gasteiger partial charge on any atom is 0.459 e. The average Bonchev–Trinajstić information content (AvgIpc) is 2.65. The molecule has 0 aromatic carbocycles. The summed E-state index contributed by atoms with van der Waals surface area (Å²) in [5, 5.41) is 7.07. The van der Waals surface area contributed by atoms with Gasteiger partial charge in [-0.25, -0.2) is 0 Å². The number of aliphatic carboxylic acids is 1. The normalized spacial score (nSPS) is 28.1. The Morgan fingerprint density at radius 2 is 1.72 bits per heavy atom. The Balaban J connectivity index is 2.97. The van der Waals surface area contributed by atoms with Crippen LogP contribution in [-0.4, -0.2) is 23.2 Å². The van der Waals surface area contributed by atoms with E-state index in [1.807, 2.05) is 0 Å².